The third kappa shape index (κ3) is 1.30. The van der Waals surface area contributed by atoms with Crippen LogP contribution >= 0.6 is 0 Å². The summed E-state index contributed by atoms with van der Waals surface area (Å²) in [4.78, 5) is 0. The summed E-state index contributed by atoms with van der Waals surface area (Å²) in [5.74, 6) is 0.974. The lowest BCUT2D eigenvalue weighted by Crippen LogP contribution is -2.27. The van der Waals surface area contributed by atoms with Gasteiger partial charge in [0.1, 0.15) is 0 Å². The molecule has 1 aliphatic carbocycles. The SMILES string of the molecule is CNC1CC(C#N)CC1C. The predicted molar refractivity (Wildman–Crippen MR) is 40.3 cm³/mol. The number of nitrogens with zero attached hydrogens (tertiary/aromatic N) is 1. The molecule has 0 heterocycles. The van der Waals surface area contributed by atoms with E-state index in [-0.39, 0.29) is 0 Å². The molecule has 0 aromatic carbocycles. The first-order valence-corrected chi connectivity index (χ1v) is 3.84. The van der Waals surface area contributed by atoms with Crippen molar-refractivity contribution in [3.8, 4) is 6.07 Å². The van der Waals surface area contributed by atoms with Gasteiger partial charge in [0.15, 0.2) is 0 Å². The molecule has 0 aromatic heterocycles. The minimum atomic E-state index is 0.299. The molecule has 10 heavy (non-hydrogen) atoms. The molecule has 0 aromatic rings. The van der Waals surface area contributed by atoms with Crippen LogP contribution in [0.5, 0.6) is 0 Å². The predicted octanol–water partition coefficient (Wildman–Crippen LogP) is 1.14. The van der Waals surface area contributed by atoms with Crippen LogP contribution in [0.3, 0.4) is 0 Å². The Morgan fingerprint density at radius 2 is 2.20 bits per heavy atom. The first-order valence-electron chi connectivity index (χ1n) is 3.84. The lowest BCUT2D eigenvalue weighted by Gasteiger charge is -2.12. The molecule has 1 saturated carbocycles. The van der Waals surface area contributed by atoms with E-state index in [2.05, 4.69) is 18.3 Å². The Kier molecular flexibility index (Phi) is 2.29. The minimum Gasteiger partial charge on any atom is -0.317 e. The van der Waals surface area contributed by atoms with Crippen molar-refractivity contribution in [2.45, 2.75) is 25.8 Å². The number of hydrogen-bond donors (Lipinski definition) is 1. The maximum absolute atomic E-state index is 8.62. The van der Waals surface area contributed by atoms with Crippen LogP contribution in [0.4, 0.5) is 0 Å². The van der Waals surface area contributed by atoms with E-state index in [4.69, 9.17) is 5.26 Å². The van der Waals surface area contributed by atoms with Gasteiger partial charge in [-0.25, -0.2) is 0 Å². The van der Waals surface area contributed by atoms with Gasteiger partial charge in [-0.2, -0.15) is 5.26 Å². The van der Waals surface area contributed by atoms with Gasteiger partial charge < -0.3 is 5.32 Å². The zero-order valence-corrected chi connectivity index (χ0v) is 6.59. The van der Waals surface area contributed by atoms with Crippen molar-refractivity contribution in [2.75, 3.05) is 7.05 Å². The summed E-state index contributed by atoms with van der Waals surface area (Å²) >= 11 is 0. The Hall–Kier alpha value is -0.550. The van der Waals surface area contributed by atoms with E-state index in [1.807, 2.05) is 7.05 Å². The second-order valence-corrected chi connectivity index (χ2v) is 3.17. The average Bonchev–Trinajstić information content (AvgIpc) is 2.30. The summed E-state index contributed by atoms with van der Waals surface area (Å²) in [6.07, 6.45) is 2.11. The van der Waals surface area contributed by atoms with Gasteiger partial charge in [-0.1, -0.05) is 6.92 Å². The molecule has 1 fully saturated rings. The van der Waals surface area contributed by atoms with Gasteiger partial charge in [0.05, 0.1) is 6.07 Å². The molecular weight excluding hydrogens is 124 g/mol. The number of nitrogens with one attached hydrogen (secondary N) is 1. The minimum absolute atomic E-state index is 0.299. The van der Waals surface area contributed by atoms with E-state index in [9.17, 15) is 0 Å². The van der Waals surface area contributed by atoms with E-state index in [0.717, 1.165) is 12.8 Å². The topological polar surface area (TPSA) is 35.8 Å². The number of rotatable bonds is 1. The molecule has 2 nitrogen and oxygen atoms in total. The molecule has 1 aliphatic rings. The maximum Gasteiger partial charge on any atom is 0.0656 e. The third-order valence-electron chi connectivity index (χ3n) is 2.44. The molecule has 3 atom stereocenters. The van der Waals surface area contributed by atoms with Crippen LogP contribution in [0.25, 0.3) is 0 Å². The molecular formula is C8H14N2. The van der Waals surface area contributed by atoms with Crippen molar-refractivity contribution in [2.24, 2.45) is 11.8 Å². The Labute approximate surface area is 62.2 Å². The highest BCUT2D eigenvalue weighted by Gasteiger charge is 2.29. The second kappa shape index (κ2) is 3.03. The molecule has 56 valence electrons. The van der Waals surface area contributed by atoms with Gasteiger partial charge in [0, 0.05) is 12.0 Å². The molecule has 0 bridgehead atoms. The zero-order valence-electron chi connectivity index (χ0n) is 6.59. The Balaban J connectivity index is 2.46. The van der Waals surface area contributed by atoms with E-state index in [1.165, 1.54) is 0 Å². The first-order chi connectivity index (χ1) is 4.77. The summed E-state index contributed by atoms with van der Waals surface area (Å²) in [5, 5.41) is 11.8. The second-order valence-electron chi connectivity index (χ2n) is 3.17. The summed E-state index contributed by atoms with van der Waals surface area (Å²) < 4.78 is 0. The Morgan fingerprint density at radius 1 is 1.50 bits per heavy atom. The molecule has 3 unspecified atom stereocenters. The maximum atomic E-state index is 8.62. The van der Waals surface area contributed by atoms with E-state index >= 15 is 0 Å². The highest BCUT2D eigenvalue weighted by molar-refractivity contribution is 4.95. The van der Waals surface area contributed by atoms with E-state index in [1.54, 1.807) is 0 Å². The van der Waals surface area contributed by atoms with Crippen LogP contribution in [-0.2, 0) is 0 Å². The van der Waals surface area contributed by atoms with Crippen molar-refractivity contribution < 1.29 is 0 Å². The Bertz CT molecular complexity index is 148. The van der Waals surface area contributed by atoms with Gasteiger partial charge in [-0.3, -0.25) is 0 Å². The zero-order chi connectivity index (χ0) is 7.56. The molecule has 0 saturated heterocycles. The van der Waals surface area contributed by atoms with E-state index < -0.39 is 0 Å². The van der Waals surface area contributed by atoms with E-state index in [0.29, 0.717) is 17.9 Å². The molecule has 0 spiro atoms. The van der Waals surface area contributed by atoms with Crippen molar-refractivity contribution in [3.05, 3.63) is 0 Å². The smallest absolute Gasteiger partial charge is 0.0656 e. The molecule has 0 radical (unpaired) electrons. The van der Waals surface area contributed by atoms with Gasteiger partial charge >= 0.3 is 0 Å². The number of nitriles is 1. The van der Waals surface area contributed by atoms with Crippen molar-refractivity contribution >= 4 is 0 Å². The Morgan fingerprint density at radius 3 is 2.50 bits per heavy atom. The van der Waals surface area contributed by atoms with Crippen molar-refractivity contribution in [1.29, 1.82) is 5.26 Å². The van der Waals surface area contributed by atoms with Crippen LogP contribution in [0.2, 0.25) is 0 Å². The van der Waals surface area contributed by atoms with Crippen molar-refractivity contribution in [1.82, 2.24) is 5.32 Å². The summed E-state index contributed by atoms with van der Waals surface area (Å²) in [6, 6.07) is 2.89. The van der Waals surface area contributed by atoms with Gasteiger partial charge in [0.2, 0.25) is 0 Å². The molecule has 2 heteroatoms. The highest BCUT2D eigenvalue weighted by atomic mass is 14.9. The lowest BCUT2D eigenvalue weighted by atomic mass is 10.1. The summed E-state index contributed by atoms with van der Waals surface area (Å²) in [5.41, 5.74) is 0. The van der Waals surface area contributed by atoms with Gasteiger partial charge in [-0.15, -0.1) is 0 Å². The van der Waals surface area contributed by atoms with Crippen LogP contribution in [0.1, 0.15) is 19.8 Å². The fourth-order valence-corrected chi connectivity index (χ4v) is 1.76. The normalized spacial score (nSPS) is 39.5. The molecule has 0 aliphatic heterocycles. The molecule has 1 rings (SSSR count). The van der Waals surface area contributed by atoms with Gasteiger partial charge in [-0.05, 0) is 25.8 Å². The highest BCUT2D eigenvalue weighted by Crippen LogP contribution is 2.29. The van der Waals surface area contributed by atoms with Crippen molar-refractivity contribution in [3.63, 3.8) is 0 Å². The fraction of sp³-hybridized carbons (Fsp3) is 0.875. The largest absolute Gasteiger partial charge is 0.317 e. The summed E-state index contributed by atoms with van der Waals surface area (Å²) in [7, 11) is 1.97. The van der Waals surface area contributed by atoms with Crippen LogP contribution < -0.4 is 5.32 Å². The number of hydrogen-bond acceptors (Lipinski definition) is 2. The van der Waals surface area contributed by atoms with Crippen LogP contribution in [0, 0.1) is 23.2 Å². The average molecular weight is 138 g/mol. The fourth-order valence-electron chi connectivity index (χ4n) is 1.76. The first kappa shape index (κ1) is 7.56. The molecule has 0 amide bonds. The standard InChI is InChI=1S/C8H14N2/c1-6-3-7(5-9)4-8(6)10-2/h6-8,10H,3-4H2,1-2H3. The van der Waals surface area contributed by atoms with Crippen LogP contribution in [-0.4, -0.2) is 13.1 Å². The monoisotopic (exact) mass is 138 g/mol. The molecule has 1 N–H and O–H groups in total. The summed E-state index contributed by atoms with van der Waals surface area (Å²) in [6.45, 7) is 2.21. The quantitative estimate of drug-likeness (QED) is 0.590. The van der Waals surface area contributed by atoms with Gasteiger partial charge in [0.25, 0.3) is 0 Å². The lowest BCUT2D eigenvalue weighted by molar-refractivity contribution is 0.459. The third-order valence-corrected chi connectivity index (χ3v) is 2.44. The van der Waals surface area contributed by atoms with Crippen LogP contribution in [0.15, 0.2) is 0 Å².